The summed E-state index contributed by atoms with van der Waals surface area (Å²) in [5, 5.41) is 0. The van der Waals surface area contributed by atoms with Crippen LogP contribution in [0.2, 0.25) is 0 Å². The number of nitrogens with zero attached hydrogens (tertiary/aromatic N) is 1. The topological polar surface area (TPSA) is 48.1 Å². The van der Waals surface area contributed by atoms with E-state index in [1.807, 2.05) is 0 Å². The molecule has 2 rings (SSSR count). The molecule has 0 atom stereocenters. The van der Waals surface area contributed by atoms with E-state index in [4.69, 9.17) is 10.5 Å². The molecule has 1 saturated carbocycles. The van der Waals surface area contributed by atoms with Crippen molar-refractivity contribution in [1.82, 2.24) is 4.98 Å². The van der Waals surface area contributed by atoms with Crippen molar-refractivity contribution in [3.8, 4) is 5.88 Å². The highest BCUT2D eigenvalue weighted by molar-refractivity contribution is 5.15. The van der Waals surface area contributed by atoms with E-state index in [1.165, 1.54) is 0 Å². The molecule has 1 aliphatic carbocycles. The third-order valence-electron chi connectivity index (χ3n) is 2.63. The van der Waals surface area contributed by atoms with Crippen molar-refractivity contribution >= 4 is 0 Å². The Labute approximate surface area is 92.6 Å². The quantitative estimate of drug-likeness (QED) is 0.857. The third-order valence-corrected chi connectivity index (χ3v) is 2.63. The molecule has 0 spiro atoms. The molecule has 0 amide bonds. The maximum absolute atomic E-state index is 12.5. The van der Waals surface area contributed by atoms with Gasteiger partial charge in [0, 0.05) is 31.4 Å². The summed E-state index contributed by atoms with van der Waals surface area (Å²) in [6.45, 7) is 0.648. The van der Waals surface area contributed by atoms with Gasteiger partial charge in [-0.25, -0.2) is 13.8 Å². The number of aromatic nitrogens is 1. The van der Waals surface area contributed by atoms with E-state index in [2.05, 4.69) is 4.98 Å². The Morgan fingerprint density at radius 1 is 1.44 bits per heavy atom. The van der Waals surface area contributed by atoms with Crippen molar-refractivity contribution in [2.24, 2.45) is 11.7 Å². The zero-order valence-electron chi connectivity index (χ0n) is 8.83. The molecule has 0 bridgehead atoms. The SMILES string of the molecule is NCc1cccc(OCC2CC(F)(F)C2)n1. The van der Waals surface area contributed by atoms with Crippen molar-refractivity contribution in [2.45, 2.75) is 25.3 Å². The van der Waals surface area contributed by atoms with Crippen LogP contribution in [-0.4, -0.2) is 17.5 Å². The lowest BCUT2D eigenvalue weighted by Crippen LogP contribution is -2.38. The average molecular weight is 228 g/mol. The first-order valence-corrected chi connectivity index (χ1v) is 5.26. The van der Waals surface area contributed by atoms with Crippen molar-refractivity contribution in [1.29, 1.82) is 0 Å². The number of alkyl halides is 2. The average Bonchev–Trinajstić information content (AvgIpc) is 2.23. The van der Waals surface area contributed by atoms with Crippen molar-refractivity contribution < 1.29 is 13.5 Å². The lowest BCUT2D eigenvalue weighted by Gasteiger charge is -2.34. The molecule has 3 nitrogen and oxygen atoms in total. The van der Waals surface area contributed by atoms with Crippen LogP contribution in [0.1, 0.15) is 18.5 Å². The van der Waals surface area contributed by atoms with Gasteiger partial charge in [-0.05, 0) is 6.07 Å². The van der Waals surface area contributed by atoms with Gasteiger partial charge in [0.1, 0.15) is 0 Å². The van der Waals surface area contributed by atoms with Crippen molar-refractivity contribution in [2.75, 3.05) is 6.61 Å². The van der Waals surface area contributed by atoms with Crippen LogP contribution in [0.5, 0.6) is 5.88 Å². The molecule has 0 aromatic carbocycles. The zero-order valence-corrected chi connectivity index (χ0v) is 8.83. The fourth-order valence-corrected chi connectivity index (χ4v) is 1.76. The van der Waals surface area contributed by atoms with Crippen LogP contribution < -0.4 is 10.5 Å². The van der Waals surface area contributed by atoms with Gasteiger partial charge in [-0.3, -0.25) is 0 Å². The monoisotopic (exact) mass is 228 g/mol. The van der Waals surface area contributed by atoms with Crippen LogP contribution in [0.25, 0.3) is 0 Å². The van der Waals surface area contributed by atoms with Gasteiger partial charge < -0.3 is 10.5 Å². The first-order valence-electron chi connectivity index (χ1n) is 5.26. The summed E-state index contributed by atoms with van der Waals surface area (Å²) in [5.74, 6) is -2.09. The van der Waals surface area contributed by atoms with Crippen LogP contribution >= 0.6 is 0 Å². The Bertz CT molecular complexity index is 363. The number of hydrogen-bond acceptors (Lipinski definition) is 3. The van der Waals surface area contributed by atoms with Gasteiger partial charge in [-0.15, -0.1) is 0 Å². The van der Waals surface area contributed by atoms with Crippen LogP contribution in [0.15, 0.2) is 18.2 Å². The maximum Gasteiger partial charge on any atom is 0.248 e. The second-order valence-corrected chi connectivity index (χ2v) is 4.11. The van der Waals surface area contributed by atoms with E-state index in [0.29, 0.717) is 19.0 Å². The molecule has 1 aromatic rings. The summed E-state index contributed by atoms with van der Waals surface area (Å²) in [4.78, 5) is 4.12. The lowest BCUT2D eigenvalue weighted by molar-refractivity contribution is -0.119. The molecule has 1 aliphatic rings. The summed E-state index contributed by atoms with van der Waals surface area (Å²) in [6.07, 6.45) is -0.160. The molecule has 1 fully saturated rings. The van der Waals surface area contributed by atoms with E-state index in [0.717, 1.165) is 5.69 Å². The molecule has 2 N–H and O–H groups in total. The fraction of sp³-hybridized carbons (Fsp3) is 0.545. The van der Waals surface area contributed by atoms with Crippen molar-refractivity contribution in [3.05, 3.63) is 23.9 Å². The van der Waals surface area contributed by atoms with Gasteiger partial charge in [0.05, 0.1) is 12.3 Å². The molecule has 0 aliphatic heterocycles. The maximum atomic E-state index is 12.5. The van der Waals surface area contributed by atoms with Gasteiger partial charge in [0.25, 0.3) is 0 Å². The predicted octanol–water partition coefficient (Wildman–Crippen LogP) is 1.96. The molecular weight excluding hydrogens is 214 g/mol. The Morgan fingerprint density at radius 3 is 2.81 bits per heavy atom. The molecule has 88 valence electrons. The normalized spacial score (nSPS) is 19.2. The number of rotatable bonds is 4. The summed E-state index contributed by atoms with van der Waals surface area (Å²) < 4.78 is 30.4. The predicted molar refractivity (Wildman–Crippen MR) is 55.3 cm³/mol. The third kappa shape index (κ3) is 2.66. The highest BCUT2D eigenvalue weighted by Crippen LogP contribution is 2.42. The Balaban J connectivity index is 1.81. The van der Waals surface area contributed by atoms with E-state index in [-0.39, 0.29) is 18.8 Å². The first-order chi connectivity index (χ1) is 7.59. The van der Waals surface area contributed by atoms with Crippen molar-refractivity contribution in [3.63, 3.8) is 0 Å². The van der Waals surface area contributed by atoms with Gasteiger partial charge >= 0.3 is 0 Å². The van der Waals surface area contributed by atoms with E-state index >= 15 is 0 Å². The summed E-state index contributed by atoms with van der Waals surface area (Å²) in [6, 6.07) is 5.29. The second-order valence-electron chi connectivity index (χ2n) is 4.11. The summed E-state index contributed by atoms with van der Waals surface area (Å²) in [7, 11) is 0. The lowest BCUT2D eigenvalue weighted by atomic mass is 9.82. The van der Waals surface area contributed by atoms with Crippen LogP contribution in [0, 0.1) is 5.92 Å². The van der Waals surface area contributed by atoms with Crippen LogP contribution in [-0.2, 0) is 6.54 Å². The van der Waals surface area contributed by atoms with Crippen LogP contribution in [0.4, 0.5) is 8.78 Å². The van der Waals surface area contributed by atoms with E-state index in [9.17, 15) is 8.78 Å². The number of halogens is 2. The standard InChI is InChI=1S/C11H14F2N2O/c12-11(13)4-8(5-11)7-16-10-3-1-2-9(6-14)15-10/h1-3,8H,4-7,14H2. The highest BCUT2D eigenvalue weighted by Gasteiger charge is 2.45. The Hall–Kier alpha value is -1.23. The Morgan fingerprint density at radius 2 is 2.19 bits per heavy atom. The fourth-order valence-electron chi connectivity index (χ4n) is 1.76. The van der Waals surface area contributed by atoms with Gasteiger partial charge in [0.2, 0.25) is 11.8 Å². The van der Waals surface area contributed by atoms with Gasteiger partial charge in [0.15, 0.2) is 0 Å². The summed E-state index contributed by atoms with van der Waals surface area (Å²) in [5.41, 5.74) is 6.16. The molecule has 0 saturated heterocycles. The molecule has 1 aromatic heterocycles. The number of pyridine rings is 1. The second kappa shape index (κ2) is 4.33. The minimum atomic E-state index is -2.49. The summed E-state index contributed by atoms with van der Waals surface area (Å²) >= 11 is 0. The number of nitrogens with two attached hydrogens (primary N) is 1. The minimum absolute atomic E-state index is 0.0571. The van der Waals surface area contributed by atoms with Crippen LogP contribution in [0.3, 0.4) is 0 Å². The largest absolute Gasteiger partial charge is 0.477 e. The molecular formula is C11H14F2N2O. The molecule has 16 heavy (non-hydrogen) atoms. The molecule has 5 heteroatoms. The van der Waals surface area contributed by atoms with E-state index in [1.54, 1.807) is 18.2 Å². The number of ether oxygens (including phenoxy) is 1. The molecule has 0 radical (unpaired) electrons. The van der Waals surface area contributed by atoms with Gasteiger partial charge in [-0.2, -0.15) is 0 Å². The number of hydrogen-bond donors (Lipinski definition) is 1. The molecule has 0 unspecified atom stereocenters. The van der Waals surface area contributed by atoms with E-state index < -0.39 is 5.92 Å². The zero-order chi connectivity index (χ0) is 11.6. The highest BCUT2D eigenvalue weighted by atomic mass is 19.3. The van der Waals surface area contributed by atoms with Gasteiger partial charge in [-0.1, -0.05) is 6.07 Å². The Kier molecular flexibility index (Phi) is 3.05. The first kappa shape index (κ1) is 11.3. The minimum Gasteiger partial charge on any atom is -0.477 e. The smallest absolute Gasteiger partial charge is 0.248 e. The molecule has 1 heterocycles.